The number of aromatic nitrogens is 1. The van der Waals surface area contributed by atoms with E-state index in [1.54, 1.807) is 11.0 Å². The van der Waals surface area contributed by atoms with Crippen LogP contribution < -0.4 is 10.2 Å². The van der Waals surface area contributed by atoms with Crippen LogP contribution in [0.1, 0.15) is 51.5 Å². The van der Waals surface area contributed by atoms with Crippen LogP contribution in [-0.2, 0) is 9.53 Å². The predicted octanol–water partition coefficient (Wildman–Crippen LogP) is 3.53. The Kier molecular flexibility index (Phi) is 5.32. The number of fused-ring (bicyclic) bond motifs is 1. The number of rotatable bonds is 2. The Hall–Kier alpha value is -3.17. The average Bonchev–Trinajstić information content (AvgIpc) is 3.08. The molecule has 9 nitrogen and oxygen atoms in total. The first-order valence-electron chi connectivity index (χ1n) is 10.3. The summed E-state index contributed by atoms with van der Waals surface area (Å²) in [6, 6.07) is 2.33. The molecule has 4 amide bonds. The number of anilines is 1. The summed E-state index contributed by atoms with van der Waals surface area (Å²) in [5, 5.41) is 6.52. The highest BCUT2D eigenvalue weighted by atomic mass is 19.1. The lowest BCUT2D eigenvalue weighted by Crippen LogP contribution is -2.49. The van der Waals surface area contributed by atoms with Gasteiger partial charge in [-0.25, -0.2) is 14.0 Å². The summed E-state index contributed by atoms with van der Waals surface area (Å²) in [4.78, 5) is 38.6. The van der Waals surface area contributed by atoms with Gasteiger partial charge in [0.1, 0.15) is 11.4 Å². The Balaban J connectivity index is 1.50. The van der Waals surface area contributed by atoms with Gasteiger partial charge in [0, 0.05) is 26.1 Å². The molecule has 166 valence electrons. The van der Waals surface area contributed by atoms with Crippen LogP contribution in [0.2, 0.25) is 0 Å². The third-order valence-corrected chi connectivity index (χ3v) is 5.47. The van der Waals surface area contributed by atoms with Crippen molar-refractivity contribution in [1.29, 1.82) is 0 Å². The van der Waals surface area contributed by atoms with Crippen molar-refractivity contribution in [2.75, 3.05) is 24.5 Å². The molecule has 0 spiro atoms. The number of ether oxygens (including phenoxy) is 1. The minimum Gasteiger partial charge on any atom is -0.444 e. The lowest BCUT2D eigenvalue weighted by atomic mass is 9.88. The van der Waals surface area contributed by atoms with Crippen molar-refractivity contribution in [3.63, 3.8) is 0 Å². The van der Waals surface area contributed by atoms with Crippen LogP contribution in [0.25, 0.3) is 11.0 Å². The molecule has 2 fully saturated rings. The molecule has 0 aliphatic carbocycles. The van der Waals surface area contributed by atoms with Crippen molar-refractivity contribution in [2.45, 2.75) is 51.6 Å². The Morgan fingerprint density at radius 2 is 1.94 bits per heavy atom. The third-order valence-electron chi connectivity index (χ3n) is 5.47. The molecule has 3 heterocycles. The molecule has 1 aromatic heterocycles. The largest absolute Gasteiger partial charge is 0.444 e. The van der Waals surface area contributed by atoms with Crippen molar-refractivity contribution in [3.8, 4) is 0 Å². The highest BCUT2D eigenvalue weighted by molar-refractivity contribution is 6.08. The number of nitrogens with zero attached hydrogens (tertiary/aromatic N) is 3. The number of piperidine rings is 1. The molecule has 0 unspecified atom stereocenters. The SMILES string of the molecule is CC(C)(C)OC(=O)N1CCC(c2cc3onc(N4CCC(=O)NC4=O)c3cc2F)CC1. The molecule has 1 aromatic carbocycles. The number of nitrogens with one attached hydrogen (secondary N) is 1. The van der Waals surface area contributed by atoms with Crippen LogP contribution in [0.5, 0.6) is 0 Å². The van der Waals surface area contributed by atoms with Crippen molar-refractivity contribution < 1.29 is 28.0 Å². The Bertz CT molecular complexity index is 1040. The molecule has 10 heteroatoms. The van der Waals surface area contributed by atoms with Crippen LogP contribution in [0.3, 0.4) is 0 Å². The number of hydrogen-bond acceptors (Lipinski definition) is 6. The second-order valence-electron chi connectivity index (χ2n) is 8.87. The molecule has 2 saturated heterocycles. The van der Waals surface area contributed by atoms with Crippen LogP contribution >= 0.6 is 0 Å². The van der Waals surface area contributed by atoms with Gasteiger partial charge in [0.2, 0.25) is 5.91 Å². The summed E-state index contributed by atoms with van der Waals surface area (Å²) in [5.74, 6) is -0.667. The van der Waals surface area contributed by atoms with E-state index in [1.165, 1.54) is 11.0 Å². The summed E-state index contributed by atoms with van der Waals surface area (Å²) < 4.78 is 25.8. The quantitative estimate of drug-likeness (QED) is 0.778. The van der Waals surface area contributed by atoms with E-state index in [0.717, 1.165) is 0 Å². The zero-order valence-corrected chi connectivity index (χ0v) is 17.7. The summed E-state index contributed by atoms with van der Waals surface area (Å²) >= 11 is 0. The van der Waals surface area contributed by atoms with E-state index in [2.05, 4.69) is 10.5 Å². The Morgan fingerprint density at radius 3 is 2.58 bits per heavy atom. The van der Waals surface area contributed by atoms with Gasteiger partial charge in [-0.3, -0.25) is 15.0 Å². The van der Waals surface area contributed by atoms with E-state index in [4.69, 9.17) is 9.26 Å². The van der Waals surface area contributed by atoms with Gasteiger partial charge in [0.05, 0.1) is 5.39 Å². The minimum atomic E-state index is -0.606. The molecular weight excluding hydrogens is 407 g/mol. The minimum absolute atomic E-state index is 0.0763. The number of amides is 4. The van der Waals surface area contributed by atoms with Crippen LogP contribution in [0, 0.1) is 5.82 Å². The fourth-order valence-electron chi connectivity index (χ4n) is 3.93. The summed E-state index contributed by atoms with van der Waals surface area (Å²) in [6.07, 6.45) is 0.968. The zero-order chi connectivity index (χ0) is 22.3. The van der Waals surface area contributed by atoms with Crippen LogP contribution in [0.15, 0.2) is 16.7 Å². The average molecular weight is 432 g/mol. The van der Waals surface area contributed by atoms with Gasteiger partial charge in [-0.15, -0.1) is 0 Å². The fourth-order valence-corrected chi connectivity index (χ4v) is 3.93. The number of halogens is 1. The maximum absolute atomic E-state index is 15.0. The van der Waals surface area contributed by atoms with E-state index < -0.39 is 17.4 Å². The monoisotopic (exact) mass is 432 g/mol. The van der Waals surface area contributed by atoms with Gasteiger partial charge >= 0.3 is 12.1 Å². The lowest BCUT2D eigenvalue weighted by Gasteiger charge is -2.33. The second kappa shape index (κ2) is 7.82. The van der Waals surface area contributed by atoms with E-state index in [0.29, 0.717) is 42.5 Å². The van der Waals surface area contributed by atoms with E-state index in [-0.39, 0.29) is 36.7 Å². The molecule has 4 rings (SSSR count). The fraction of sp³-hybridized carbons (Fsp3) is 0.524. The third kappa shape index (κ3) is 4.33. The summed E-state index contributed by atoms with van der Waals surface area (Å²) in [5.41, 5.74) is 0.302. The van der Waals surface area contributed by atoms with Crippen molar-refractivity contribution in [2.24, 2.45) is 0 Å². The zero-order valence-electron chi connectivity index (χ0n) is 17.7. The first kappa shape index (κ1) is 21.1. The van der Waals surface area contributed by atoms with Crippen molar-refractivity contribution in [3.05, 3.63) is 23.5 Å². The standard InChI is InChI=1S/C21H25FN4O5/c1-21(2,3)30-20(29)25-7-4-12(5-8-25)13-11-16-14(10-15(13)22)18(24-31-16)26-9-6-17(27)23-19(26)28/h10-12H,4-9H2,1-3H3,(H,23,27,28). The molecule has 2 aliphatic heterocycles. The molecule has 0 saturated carbocycles. The molecule has 31 heavy (non-hydrogen) atoms. The predicted molar refractivity (Wildman–Crippen MR) is 109 cm³/mol. The molecule has 0 radical (unpaired) electrons. The van der Waals surface area contributed by atoms with Gasteiger partial charge in [0.15, 0.2) is 11.4 Å². The highest BCUT2D eigenvalue weighted by Crippen LogP contribution is 2.35. The van der Waals surface area contributed by atoms with Crippen LogP contribution in [-0.4, -0.2) is 53.3 Å². The molecule has 2 aromatic rings. The highest BCUT2D eigenvalue weighted by Gasteiger charge is 2.31. The van der Waals surface area contributed by atoms with E-state index in [9.17, 15) is 14.4 Å². The topological polar surface area (TPSA) is 105 Å². The van der Waals surface area contributed by atoms with Gasteiger partial charge < -0.3 is 14.2 Å². The summed E-state index contributed by atoms with van der Waals surface area (Å²) in [6.45, 7) is 6.55. The molecular formula is C21H25FN4O5. The second-order valence-corrected chi connectivity index (χ2v) is 8.87. The van der Waals surface area contributed by atoms with Crippen molar-refractivity contribution in [1.82, 2.24) is 15.4 Å². The number of carbonyl (C=O) groups is 3. The number of benzene rings is 1. The normalized spacial score (nSPS) is 18.5. The van der Waals surface area contributed by atoms with Gasteiger partial charge in [-0.05, 0) is 57.2 Å². The molecule has 0 bridgehead atoms. The number of imide groups is 1. The van der Waals surface area contributed by atoms with Gasteiger partial charge in [-0.1, -0.05) is 5.16 Å². The number of likely N-dealkylation sites (tertiary alicyclic amines) is 1. The van der Waals surface area contributed by atoms with E-state index >= 15 is 4.39 Å². The van der Waals surface area contributed by atoms with E-state index in [1.807, 2.05) is 20.8 Å². The Labute approximate surface area is 178 Å². The number of urea groups is 1. The van der Waals surface area contributed by atoms with Gasteiger partial charge in [0.25, 0.3) is 0 Å². The first-order chi connectivity index (χ1) is 14.6. The van der Waals surface area contributed by atoms with Crippen LogP contribution in [0.4, 0.5) is 19.8 Å². The van der Waals surface area contributed by atoms with Crippen molar-refractivity contribution >= 4 is 34.8 Å². The maximum atomic E-state index is 15.0. The summed E-state index contributed by atoms with van der Waals surface area (Å²) in [7, 11) is 0. The Morgan fingerprint density at radius 1 is 1.23 bits per heavy atom. The first-order valence-corrected chi connectivity index (χ1v) is 10.3. The molecule has 1 N–H and O–H groups in total. The maximum Gasteiger partial charge on any atom is 0.410 e. The molecule has 0 atom stereocenters. The molecule has 2 aliphatic rings. The lowest BCUT2D eigenvalue weighted by molar-refractivity contribution is -0.120. The number of carbonyl (C=O) groups excluding carboxylic acids is 3. The van der Waals surface area contributed by atoms with Gasteiger partial charge in [-0.2, -0.15) is 0 Å². The smallest absolute Gasteiger partial charge is 0.410 e. The number of hydrogen-bond donors (Lipinski definition) is 1.